The van der Waals surface area contributed by atoms with Crippen molar-refractivity contribution in [3.8, 4) is 11.5 Å². The molecule has 0 bridgehead atoms. The van der Waals surface area contributed by atoms with Gasteiger partial charge in [-0.1, -0.05) is 0 Å². The topological polar surface area (TPSA) is 105 Å². The lowest BCUT2D eigenvalue weighted by Crippen LogP contribution is -2.08. The van der Waals surface area contributed by atoms with Crippen LogP contribution in [-0.4, -0.2) is 17.5 Å². The standard InChI is InChI=1S/C16H13F3N2O5/c1-2-25-15(22)11-8-10(4-5-13(11)21(23)24)26-14-6-3-9(7-12(14)20)16(17,18)19/h3-8H,2,20H2,1H3. The second-order valence-electron chi connectivity index (χ2n) is 5.01. The van der Waals surface area contributed by atoms with E-state index < -0.39 is 28.3 Å². The van der Waals surface area contributed by atoms with Crippen LogP contribution in [0.2, 0.25) is 0 Å². The number of anilines is 1. The summed E-state index contributed by atoms with van der Waals surface area (Å²) in [6.07, 6.45) is -4.56. The first-order valence-corrected chi connectivity index (χ1v) is 7.23. The third-order valence-electron chi connectivity index (χ3n) is 3.22. The molecule has 2 aromatic rings. The van der Waals surface area contributed by atoms with Gasteiger partial charge in [-0.2, -0.15) is 13.2 Å². The van der Waals surface area contributed by atoms with E-state index in [9.17, 15) is 28.1 Å². The van der Waals surface area contributed by atoms with Crippen molar-refractivity contribution in [2.45, 2.75) is 13.1 Å². The minimum Gasteiger partial charge on any atom is -0.462 e. The summed E-state index contributed by atoms with van der Waals surface area (Å²) in [6.45, 7) is 1.54. The first-order valence-electron chi connectivity index (χ1n) is 7.23. The molecule has 0 aliphatic carbocycles. The Labute approximate surface area is 145 Å². The lowest BCUT2D eigenvalue weighted by atomic mass is 10.1. The van der Waals surface area contributed by atoms with E-state index in [1.54, 1.807) is 0 Å². The molecule has 138 valence electrons. The minimum atomic E-state index is -4.56. The number of alkyl halides is 3. The second kappa shape index (κ2) is 7.30. The van der Waals surface area contributed by atoms with Crippen LogP contribution in [0.1, 0.15) is 22.8 Å². The zero-order chi connectivity index (χ0) is 19.5. The molecule has 0 amide bonds. The van der Waals surface area contributed by atoms with Gasteiger partial charge in [-0.3, -0.25) is 10.1 Å². The van der Waals surface area contributed by atoms with E-state index in [1.807, 2.05) is 0 Å². The van der Waals surface area contributed by atoms with Crippen molar-refractivity contribution in [3.63, 3.8) is 0 Å². The zero-order valence-corrected chi connectivity index (χ0v) is 13.4. The summed E-state index contributed by atoms with van der Waals surface area (Å²) in [6, 6.07) is 5.78. The van der Waals surface area contributed by atoms with E-state index >= 15 is 0 Å². The lowest BCUT2D eigenvalue weighted by Gasteiger charge is -2.12. The number of benzene rings is 2. The Morgan fingerprint density at radius 2 is 1.92 bits per heavy atom. The number of rotatable bonds is 5. The molecular weight excluding hydrogens is 357 g/mol. The number of ether oxygens (including phenoxy) is 2. The molecule has 2 aromatic carbocycles. The molecule has 0 unspecified atom stereocenters. The van der Waals surface area contributed by atoms with Crippen molar-refractivity contribution in [3.05, 3.63) is 57.6 Å². The molecule has 0 heterocycles. The van der Waals surface area contributed by atoms with Gasteiger partial charge in [-0.05, 0) is 31.2 Å². The van der Waals surface area contributed by atoms with E-state index in [2.05, 4.69) is 0 Å². The molecule has 0 fully saturated rings. The molecule has 0 atom stereocenters. The van der Waals surface area contributed by atoms with E-state index in [0.29, 0.717) is 6.07 Å². The van der Waals surface area contributed by atoms with Gasteiger partial charge >= 0.3 is 12.1 Å². The third kappa shape index (κ3) is 4.21. The highest BCUT2D eigenvalue weighted by Gasteiger charge is 2.31. The molecule has 0 saturated carbocycles. The number of nitrogens with zero attached hydrogens (tertiary/aromatic N) is 1. The van der Waals surface area contributed by atoms with Gasteiger partial charge < -0.3 is 15.2 Å². The van der Waals surface area contributed by atoms with Crippen LogP contribution in [0, 0.1) is 10.1 Å². The fraction of sp³-hybridized carbons (Fsp3) is 0.188. The lowest BCUT2D eigenvalue weighted by molar-refractivity contribution is -0.385. The molecular formula is C16H13F3N2O5. The highest BCUT2D eigenvalue weighted by atomic mass is 19.4. The molecule has 0 saturated heterocycles. The Bertz CT molecular complexity index is 852. The average molecular weight is 370 g/mol. The summed E-state index contributed by atoms with van der Waals surface area (Å²) < 4.78 is 48.1. The highest BCUT2D eigenvalue weighted by molar-refractivity contribution is 5.94. The van der Waals surface area contributed by atoms with Crippen LogP contribution in [0.25, 0.3) is 0 Å². The summed E-state index contributed by atoms with van der Waals surface area (Å²) in [5.74, 6) is -1.04. The molecule has 0 spiro atoms. The largest absolute Gasteiger partial charge is 0.462 e. The molecule has 26 heavy (non-hydrogen) atoms. The Hall–Kier alpha value is -3.30. The molecule has 0 aromatic heterocycles. The average Bonchev–Trinajstić information content (AvgIpc) is 2.55. The van der Waals surface area contributed by atoms with Gasteiger partial charge in [0.05, 0.1) is 22.8 Å². The maximum Gasteiger partial charge on any atom is 0.416 e. The SMILES string of the molecule is CCOC(=O)c1cc(Oc2ccc(C(F)(F)F)cc2N)ccc1[N+](=O)[O-]. The first kappa shape index (κ1) is 19.0. The number of carbonyl (C=O) groups is 1. The minimum absolute atomic E-state index is 0.00687. The summed E-state index contributed by atoms with van der Waals surface area (Å²) in [5.41, 5.74) is 3.50. The fourth-order valence-corrected chi connectivity index (χ4v) is 2.05. The number of nitro groups is 1. The number of hydrogen-bond acceptors (Lipinski definition) is 6. The number of nitrogens with two attached hydrogens (primary N) is 1. The third-order valence-corrected chi connectivity index (χ3v) is 3.22. The van der Waals surface area contributed by atoms with Crippen LogP contribution >= 0.6 is 0 Å². The predicted octanol–water partition coefficient (Wildman–Crippen LogP) is 4.16. The van der Waals surface area contributed by atoms with Crippen molar-refractivity contribution in [1.29, 1.82) is 0 Å². The van der Waals surface area contributed by atoms with Crippen molar-refractivity contribution < 1.29 is 32.4 Å². The first-order chi connectivity index (χ1) is 12.1. The molecule has 2 rings (SSSR count). The Morgan fingerprint density at radius 3 is 2.46 bits per heavy atom. The van der Waals surface area contributed by atoms with Gasteiger partial charge in [0.15, 0.2) is 0 Å². The number of halogens is 3. The fourth-order valence-electron chi connectivity index (χ4n) is 2.05. The highest BCUT2D eigenvalue weighted by Crippen LogP contribution is 2.36. The van der Waals surface area contributed by atoms with Crippen LogP contribution < -0.4 is 10.5 Å². The Kier molecular flexibility index (Phi) is 5.34. The van der Waals surface area contributed by atoms with Gasteiger partial charge in [0.2, 0.25) is 0 Å². The van der Waals surface area contributed by atoms with Gasteiger partial charge in [0, 0.05) is 12.1 Å². The Balaban J connectivity index is 2.37. The summed E-state index contributed by atoms with van der Waals surface area (Å²) in [5, 5.41) is 11.0. The Morgan fingerprint density at radius 1 is 1.23 bits per heavy atom. The molecule has 0 radical (unpaired) electrons. The summed E-state index contributed by atoms with van der Waals surface area (Å²) in [4.78, 5) is 22.1. The number of carbonyl (C=O) groups excluding carboxylic acids is 1. The molecule has 2 N–H and O–H groups in total. The van der Waals surface area contributed by atoms with E-state index in [1.165, 1.54) is 13.0 Å². The number of hydrogen-bond donors (Lipinski definition) is 1. The maximum atomic E-state index is 12.6. The molecule has 0 aliphatic rings. The van der Waals surface area contributed by atoms with E-state index in [-0.39, 0.29) is 29.4 Å². The molecule has 0 aliphatic heterocycles. The van der Waals surface area contributed by atoms with Crippen LogP contribution in [0.15, 0.2) is 36.4 Å². The van der Waals surface area contributed by atoms with Crippen molar-refractivity contribution >= 4 is 17.3 Å². The monoisotopic (exact) mass is 370 g/mol. The molecule has 10 heteroatoms. The van der Waals surface area contributed by atoms with Crippen LogP contribution in [0.5, 0.6) is 11.5 Å². The summed E-state index contributed by atoms with van der Waals surface area (Å²) >= 11 is 0. The van der Waals surface area contributed by atoms with E-state index in [0.717, 1.165) is 24.3 Å². The van der Waals surface area contributed by atoms with Gasteiger partial charge in [-0.15, -0.1) is 0 Å². The molecule has 7 nitrogen and oxygen atoms in total. The van der Waals surface area contributed by atoms with E-state index in [4.69, 9.17) is 15.2 Å². The number of nitrogen functional groups attached to an aromatic ring is 1. The van der Waals surface area contributed by atoms with Crippen LogP contribution in [0.4, 0.5) is 24.5 Å². The number of nitro benzene ring substituents is 1. The maximum absolute atomic E-state index is 12.6. The normalized spacial score (nSPS) is 11.1. The smallest absolute Gasteiger partial charge is 0.416 e. The van der Waals surface area contributed by atoms with Gasteiger partial charge in [-0.25, -0.2) is 4.79 Å². The van der Waals surface area contributed by atoms with Gasteiger partial charge in [0.25, 0.3) is 5.69 Å². The quantitative estimate of drug-likeness (QED) is 0.367. The van der Waals surface area contributed by atoms with Gasteiger partial charge in [0.1, 0.15) is 17.1 Å². The van der Waals surface area contributed by atoms with Crippen molar-refractivity contribution in [2.75, 3.05) is 12.3 Å². The zero-order valence-electron chi connectivity index (χ0n) is 13.4. The predicted molar refractivity (Wildman–Crippen MR) is 85.0 cm³/mol. The summed E-state index contributed by atoms with van der Waals surface area (Å²) in [7, 11) is 0. The van der Waals surface area contributed by atoms with Crippen LogP contribution in [0.3, 0.4) is 0 Å². The van der Waals surface area contributed by atoms with Crippen molar-refractivity contribution in [2.24, 2.45) is 0 Å². The number of esters is 1. The van der Waals surface area contributed by atoms with Crippen molar-refractivity contribution in [1.82, 2.24) is 0 Å². The second-order valence-corrected chi connectivity index (χ2v) is 5.01. The van der Waals surface area contributed by atoms with Crippen LogP contribution in [-0.2, 0) is 10.9 Å².